The molecule has 0 saturated carbocycles. The molecule has 0 aliphatic heterocycles. The van der Waals surface area contributed by atoms with Crippen molar-refractivity contribution in [1.29, 1.82) is 0 Å². The summed E-state index contributed by atoms with van der Waals surface area (Å²) < 4.78 is 0. The quantitative estimate of drug-likeness (QED) is 0.599. The second-order valence-electron chi connectivity index (χ2n) is 3.59. The summed E-state index contributed by atoms with van der Waals surface area (Å²) in [5.41, 5.74) is 6.86. The van der Waals surface area contributed by atoms with Crippen molar-refractivity contribution in [2.45, 2.75) is 6.92 Å². The van der Waals surface area contributed by atoms with Crippen LogP contribution in [0, 0.1) is 11.8 Å². The molecular formula is C14H13N5. The van der Waals surface area contributed by atoms with Crippen LogP contribution in [0.2, 0.25) is 0 Å². The lowest BCUT2D eigenvalue weighted by Gasteiger charge is -1.91. The van der Waals surface area contributed by atoms with Crippen LogP contribution in [0.4, 0.5) is 5.82 Å². The minimum atomic E-state index is 0.400. The Morgan fingerprint density at radius 1 is 1.05 bits per heavy atom. The fourth-order valence-electron chi connectivity index (χ4n) is 1.48. The highest BCUT2D eigenvalue weighted by molar-refractivity contribution is 5.89. The zero-order chi connectivity index (χ0) is 13.5. The summed E-state index contributed by atoms with van der Waals surface area (Å²) in [4.78, 5) is 7.81. The molecule has 0 bridgehead atoms. The summed E-state index contributed by atoms with van der Waals surface area (Å²) in [6.45, 7) is 1.74. The van der Waals surface area contributed by atoms with Crippen molar-refractivity contribution in [2.75, 3.05) is 5.73 Å². The van der Waals surface area contributed by atoms with Gasteiger partial charge in [0.15, 0.2) is 5.65 Å². The first-order valence-electron chi connectivity index (χ1n) is 5.70. The van der Waals surface area contributed by atoms with E-state index in [2.05, 4.69) is 32.0 Å². The van der Waals surface area contributed by atoms with Crippen LogP contribution in [-0.4, -0.2) is 20.2 Å². The molecule has 0 radical (unpaired) electrons. The number of H-pyrrole nitrogens is 1. The lowest BCUT2D eigenvalue weighted by atomic mass is 10.3. The third-order valence-electron chi connectivity index (χ3n) is 2.30. The summed E-state index contributed by atoms with van der Waals surface area (Å²) in [6, 6.07) is 12.0. The first-order valence-corrected chi connectivity index (χ1v) is 5.70. The number of nitrogen functional groups attached to an aromatic ring is 1. The summed E-state index contributed by atoms with van der Waals surface area (Å²) in [7, 11) is 0. The van der Waals surface area contributed by atoms with Crippen molar-refractivity contribution in [3.63, 3.8) is 0 Å². The number of fused-ring (bicyclic) bond motifs is 1. The molecule has 94 valence electrons. The maximum absolute atomic E-state index is 5.65. The number of aromatic amines is 1. The normalized spacial score (nSPS) is 9.11. The van der Waals surface area contributed by atoms with Gasteiger partial charge in [0, 0.05) is 0 Å². The van der Waals surface area contributed by atoms with Crippen molar-refractivity contribution in [3.05, 3.63) is 48.4 Å². The van der Waals surface area contributed by atoms with E-state index < -0.39 is 0 Å². The molecule has 0 amide bonds. The lowest BCUT2D eigenvalue weighted by Crippen LogP contribution is -1.92. The predicted molar refractivity (Wildman–Crippen MR) is 75.1 cm³/mol. The molecule has 2 heterocycles. The summed E-state index contributed by atoms with van der Waals surface area (Å²) in [5, 5.41) is 7.38. The Kier molecular flexibility index (Phi) is 4.09. The fourth-order valence-corrected chi connectivity index (χ4v) is 1.48. The standard InChI is InChI=1S/C8H7N5.C6H6/c1-2-3-5-6-7(9)10-4-11-8(6)13-12-5;1-2-4-6-5-3-1/h4H,1H3,(H3,9,10,11,12,13);1-6H. The van der Waals surface area contributed by atoms with Crippen LogP contribution in [0.3, 0.4) is 0 Å². The molecule has 0 aliphatic rings. The predicted octanol–water partition coefficient (Wildman–Crippen LogP) is 1.99. The van der Waals surface area contributed by atoms with Gasteiger partial charge < -0.3 is 5.73 Å². The first kappa shape index (κ1) is 12.6. The van der Waals surface area contributed by atoms with E-state index >= 15 is 0 Å². The number of hydrogen-bond acceptors (Lipinski definition) is 4. The Morgan fingerprint density at radius 3 is 2.26 bits per heavy atom. The molecule has 0 unspecified atom stereocenters. The minimum absolute atomic E-state index is 0.400. The zero-order valence-electron chi connectivity index (χ0n) is 10.5. The molecule has 3 N–H and O–H groups in total. The number of anilines is 1. The number of nitrogens with two attached hydrogens (primary N) is 1. The van der Waals surface area contributed by atoms with E-state index in [0.29, 0.717) is 22.5 Å². The number of nitrogens with zero attached hydrogens (tertiary/aromatic N) is 3. The van der Waals surface area contributed by atoms with Crippen LogP contribution >= 0.6 is 0 Å². The molecule has 19 heavy (non-hydrogen) atoms. The number of nitrogens with one attached hydrogen (secondary N) is 1. The summed E-state index contributed by atoms with van der Waals surface area (Å²) in [6.07, 6.45) is 1.38. The monoisotopic (exact) mass is 251 g/mol. The molecule has 5 heteroatoms. The highest BCUT2D eigenvalue weighted by Crippen LogP contribution is 2.17. The van der Waals surface area contributed by atoms with E-state index in [1.807, 2.05) is 36.4 Å². The Morgan fingerprint density at radius 2 is 1.68 bits per heavy atom. The first-order chi connectivity index (χ1) is 9.33. The average Bonchev–Trinajstić information content (AvgIpc) is 2.87. The summed E-state index contributed by atoms with van der Waals surface area (Å²) >= 11 is 0. The molecule has 0 spiro atoms. The highest BCUT2D eigenvalue weighted by Gasteiger charge is 2.07. The van der Waals surface area contributed by atoms with Crippen molar-refractivity contribution in [3.8, 4) is 11.8 Å². The van der Waals surface area contributed by atoms with Gasteiger partial charge in [0.2, 0.25) is 0 Å². The van der Waals surface area contributed by atoms with Crippen molar-refractivity contribution in [1.82, 2.24) is 20.2 Å². The number of rotatable bonds is 0. The fraction of sp³-hybridized carbons (Fsp3) is 0.0714. The highest BCUT2D eigenvalue weighted by atomic mass is 15.2. The molecule has 3 aromatic rings. The molecule has 3 rings (SSSR count). The molecule has 0 fully saturated rings. The summed E-state index contributed by atoms with van der Waals surface area (Å²) in [5.74, 6) is 6.00. The van der Waals surface area contributed by atoms with Gasteiger partial charge in [-0.15, -0.1) is 0 Å². The van der Waals surface area contributed by atoms with Crippen molar-refractivity contribution < 1.29 is 0 Å². The van der Waals surface area contributed by atoms with Gasteiger partial charge in [-0.25, -0.2) is 9.97 Å². The van der Waals surface area contributed by atoms with E-state index in [9.17, 15) is 0 Å². The van der Waals surface area contributed by atoms with Gasteiger partial charge in [0.25, 0.3) is 0 Å². The SMILES string of the molecule is CC#Cc1[nH]nc2ncnc(N)c12.c1ccccc1. The van der Waals surface area contributed by atoms with E-state index in [4.69, 9.17) is 5.73 Å². The van der Waals surface area contributed by atoms with Gasteiger partial charge in [-0.2, -0.15) is 5.10 Å². The minimum Gasteiger partial charge on any atom is -0.383 e. The Labute approximate surface area is 110 Å². The van der Waals surface area contributed by atoms with Crippen molar-refractivity contribution >= 4 is 16.9 Å². The maximum Gasteiger partial charge on any atom is 0.187 e. The van der Waals surface area contributed by atoms with E-state index in [1.54, 1.807) is 6.92 Å². The van der Waals surface area contributed by atoms with Gasteiger partial charge in [0.1, 0.15) is 17.8 Å². The van der Waals surface area contributed by atoms with E-state index in [1.165, 1.54) is 6.33 Å². The van der Waals surface area contributed by atoms with Gasteiger partial charge >= 0.3 is 0 Å². The second-order valence-corrected chi connectivity index (χ2v) is 3.59. The van der Waals surface area contributed by atoms with Crippen LogP contribution in [0.25, 0.3) is 11.0 Å². The lowest BCUT2D eigenvalue weighted by molar-refractivity contribution is 1.08. The molecule has 1 aromatic carbocycles. The maximum atomic E-state index is 5.65. The second kappa shape index (κ2) is 6.17. The van der Waals surface area contributed by atoms with Crippen LogP contribution in [-0.2, 0) is 0 Å². The molecule has 0 saturated heterocycles. The van der Waals surface area contributed by atoms with Crippen LogP contribution in [0.15, 0.2) is 42.7 Å². The van der Waals surface area contributed by atoms with Crippen molar-refractivity contribution in [2.24, 2.45) is 0 Å². The molecule has 2 aromatic heterocycles. The Bertz CT molecular complexity index is 680. The largest absolute Gasteiger partial charge is 0.383 e. The van der Waals surface area contributed by atoms with Gasteiger partial charge in [-0.1, -0.05) is 42.3 Å². The zero-order valence-corrected chi connectivity index (χ0v) is 10.5. The molecular weight excluding hydrogens is 238 g/mol. The van der Waals surface area contributed by atoms with Crippen LogP contribution in [0.1, 0.15) is 12.6 Å². The Balaban J connectivity index is 0.000000186. The molecule has 0 aliphatic carbocycles. The smallest absolute Gasteiger partial charge is 0.187 e. The number of hydrogen-bond donors (Lipinski definition) is 2. The van der Waals surface area contributed by atoms with Gasteiger partial charge in [-0.3, -0.25) is 5.10 Å². The molecule has 5 nitrogen and oxygen atoms in total. The Hall–Kier alpha value is -2.87. The van der Waals surface area contributed by atoms with E-state index in [-0.39, 0.29) is 0 Å². The molecule has 0 atom stereocenters. The third kappa shape index (κ3) is 3.07. The van der Waals surface area contributed by atoms with Gasteiger partial charge in [0.05, 0.1) is 5.39 Å². The van der Waals surface area contributed by atoms with Crippen LogP contribution in [0.5, 0.6) is 0 Å². The van der Waals surface area contributed by atoms with Crippen LogP contribution < -0.4 is 5.73 Å². The third-order valence-corrected chi connectivity index (χ3v) is 2.30. The average molecular weight is 251 g/mol. The number of aromatic nitrogens is 4. The number of benzene rings is 1. The van der Waals surface area contributed by atoms with Gasteiger partial charge in [-0.05, 0) is 12.8 Å². The topological polar surface area (TPSA) is 80.5 Å². The van der Waals surface area contributed by atoms with E-state index in [0.717, 1.165) is 0 Å².